The molecule has 1 aromatic heterocycles. The van der Waals surface area contributed by atoms with Crippen molar-refractivity contribution >= 4 is 11.8 Å². The molecule has 2 aliphatic heterocycles. The molecule has 0 radical (unpaired) electrons. The van der Waals surface area contributed by atoms with Crippen molar-refractivity contribution in [3.8, 4) is 0 Å². The van der Waals surface area contributed by atoms with Crippen LogP contribution in [0.25, 0.3) is 0 Å². The Bertz CT molecular complexity index is 750. The molecule has 4 fully saturated rings. The number of hydrogen-bond donors (Lipinski definition) is 0. The monoisotopic (exact) mass is 356 g/mol. The van der Waals surface area contributed by atoms with Crippen LogP contribution in [0.5, 0.6) is 0 Å². The van der Waals surface area contributed by atoms with Gasteiger partial charge in [0.15, 0.2) is 5.82 Å². The normalized spacial score (nSPS) is 38.2. The average molecular weight is 356 g/mol. The number of likely N-dealkylation sites (tertiary alicyclic amines) is 2. The Hall–Kier alpha value is -1.85. The number of aromatic nitrogens is 2. The Morgan fingerprint density at radius 2 is 1.65 bits per heavy atom. The van der Waals surface area contributed by atoms with Gasteiger partial charge in [-0.05, 0) is 25.2 Å². The summed E-state index contributed by atoms with van der Waals surface area (Å²) in [7, 11) is 1.87. The van der Waals surface area contributed by atoms with E-state index in [1.54, 1.807) is 10.8 Å². The second-order valence-electron chi connectivity index (χ2n) is 9.30. The molecule has 0 bridgehead atoms. The first kappa shape index (κ1) is 16.3. The Labute approximate surface area is 154 Å². The molecule has 5 rings (SSSR count). The lowest BCUT2D eigenvalue weighted by atomic mass is 9.60. The summed E-state index contributed by atoms with van der Waals surface area (Å²) in [6.07, 6.45) is 9.28. The zero-order valence-corrected chi connectivity index (χ0v) is 15.8. The molecule has 0 N–H and O–H groups in total. The van der Waals surface area contributed by atoms with E-state index in [1.807, 2.05) is 18.1 Å². The molecule has 4 atom stereocenters. The Kier molecular flexibility index (Phi) is 3.35. The molecule has 3 heterocycles. The second kappa shape index (κ2) is 5.33. The number of nitrogens with zero attached hydrogens (tertiary/aromatic N) is 4. The first-order valence-electron chi connectivity index (χ1n) is 10.0. The average Bonchev–Trinajstić information content (AvgIpc) is 2.98. The van der Waals surface area contributed by atoms with Crippen LogP contribution in [0.2, 0.25) is 0 Å². The molecule has 2 amide bonds. The van der Waals surface area contributed by atoms with Crippen LogP contribution in [-0.4, -0.2) is 57.3 Å². The third-order valence-corrected chi connectivity index (χ3v) is 7.70. The van der Waals surface area contributed by atoms with E-state index in [0.717, 1.165) is 45.4 Å². The lowest BCUT2D eigenvalue weighted by molar-refractivity contribution is -0.132. The van der Waals surface area contributed by atoms with Crippen LogP contribution in [0.4, 0.5) is 0 Å². The van der Waals surface area contributed by atoms with E-state index in [9.17, 15) is 9.59 Å². The van der Waals surface area contributed by atoms with Crippen molar-refractivity contribution in [2.45, 2.75) is 39.0 Å². The van der Waals surface area contributed by atoms with E-state index in [0.29, 0.717) is 17.6 Å². The molecule has 4 unspecified atom stereocenters. The van der Waals surface area contributed by atoms with Crippen LogP contribution in [0.15, 0.2) is 12.4 Å². The van der Waals surface area contributed by atoms with Crippen molar-refractivity contribution in [2.75, 3.05) is 26.2 Å². The number of aryl methyl sites for hydroxylation is 1. The maximum atomic E-state index is 13.0. The Morgan fingerprint density at radius 3 is 2.15 bits per heavy atom. The Morgan fingerprint density at radius 1 is 1.08 bits per heavy atom. The van der Waals surface area contributed by atoms with E-state index < -0.39 is 0 Å². The van der Waals surface area contributed by atoms with Gasteiger partial charge in [-0.25, -0.2) is 4.98 Å². The molecule has 0 aromatic carbocycles. The topological polar surface area (TPSA) is 58.4 Å². The van der Waals surface area contributed by atoms with Gasteiger partial charge in [-0.2, -0.15) is 0 Å². The lowest BCUT2D eigenvalue weighted by Gasteiger charge is -2.41. The van der Waals surface area contributed by atoms with Gasteiger partial charge in [-0.1, -0.05) is 19.8 Å². The summed E-state index contributed by atoms with van der Waals surface area (Å²) in [4.78, 5) is 34.3. The predicted molar refractivity (Wildman–Crippen MR) is 96.3 cm³/mol. The molecular formula is C20H28N4O2. The molecule has 2 aliphatic carbocycles. The molecule has 6 nitrogen and oxygen atoms in total. The van der Waals surface area contributed by atoms with E-state index in [2.05, 4.69) is 16.8 Å². The summed E-state index contributed by atoms with van der Waals surface area (Å²) in [5.74, 6) is 1.75. The number of carbonyl (C=O) groups excluding carboxylic acids is 2. The van der Waals surface area contributed by atoms with Crippen molar-refractivity contribution in [1.82, 2.24) is 19.4 Å². The van der Waals surface area contributed by atoms with Gasteiger partial charge in [0.25, 0.3) is 5.91 Å². The summed E-state index contributed by atoms with van der Waals surface area (Å²) in [6, 6.07) is 0. The molecule has 0 spiro atoms. The van der Waals surface area contributed by atoms with Crippen molar-refractivity contribution in [2.24, 2.45) is 29.7 Å². The quantitative estimate of drug-likeness (QED) is 0.813. The molecule has 140 valence electrons. The zero-order chi connectivity index (χ0) is 18.1. The van der Waals surface area contributed by atoms with Crippen molar-refractivity contribution < 1.29 is 9.59 Å². The summed E-state index contributed by atoms with van der Waals surface area (Å²) < 4.78 is 1.81. The van der Waals surface area contributed by atoms with Gasteiger partial charge in [0.2, 0.25) is 5.91 Å². The van der Waals surface area contributed by atoms with Gasteiger partial charge >= 0.3 is 0 Å². The summed E-state index contributed by atoms with van der Waals surface area (Å²) >= 11 is 0. The van der Waals surface area contributed by atoms with Crippen LogP contribution < -0.4 is 0 Å². The van der Waals surface area contributed by atoms with Crippen LogP contribution in [0.3, 0.4) is 0 Å². The largest absolute Gasteiger partial charge is 0.341 e. The lowest BCUT2D eigenvalue weighted by Crippen LogP contribution is -2.42. The van der Waals surface area contributed by atoms with Crippen LogP contribution in [-0.2, 0) is 11.8 Å². The highest BCUT2D eigenvalue weighted by Crippen LogP contribution is 2.60. The van der Waals surface area contributed by atoms with Crippen LogP contribution in [0, 0.1) is 22.7 Å². The zero-order valence-electron chi connectivity index (χ0n) is 15.8. The fourth-order valence-electron chi connectivity index (χ4n) is 6.03. The first-order chi connectivity index (χ1) is 12.4. The number of amides is 2. The van der Waals surface area contributed by atoms with Gasteiger partial charge < -0.3 is 14.4 Å². The highest BCUT2D eigenvalue weighted by molar-refractivity contribution is 5.91. The van der Waals surface area contributed by atoms with Gasteiger partial charge in [-0.3, -0.25) is 9.59 Å². The molecular weight excluding hydrogens is 328 g/mol. The molecule has 1 aromatic rings. The third kappa shape index (κ3) is 2.13. The van der Waals surface area contributed by atoms with Crippen LogP contribution in [0.1, 0.15) is 49.6 Å². The number of imidazole rings is 1. The van der Waals surface area contributed by atoms with Gasteiger partial charge in [-0.15, -0.1) is 0 Å². The molecule has 2 saturated heterocycles. The first-order valence-corrected chi connectivity index (χ1v) is 10.0. The minimum absolute atomic E-state index is 0.0428. The molecule has 6 heteroatoms. The van der Waals surface area contributed by atoms with Gasteiger partial charge in [0.1, 0.15) is 0 Å². The van der Waals surface area contributed by atoms with Gasteiger partial charge in [0.05, 0.1) is 0 Å². The van der Waals surface area contributed by atoms with E-state index in [4.69, 9.17) is 0 Å². The smallest absolute Gasteiger partial charge is 0.289 e. The fourth-order valence-corrected chi connectivity index (χ4v) is 6.03. The number of carbonyl (C=O) groups is 2. The summed E-state index contributed by atoms with van der Waals surface area (Å²) in [5.41, 5.74) is 0.194. The third-order valence-electron chi connectivity index (χ3n) is 7.70. The molecule has 4 aliphatic rings. The Balaban J connectivity index is 1.41. The van der Waals surface area contributed by atoms with E-state index >= 15 is 0 Å². The highest BCUT2D eigenvalue weighted by atomic mass is 16.2. The molecule has 26 heavy (non-hydrogen) atoms. The maximum Gasteiger partial charge on any atom is 0.289 e. The fraction of sp³-hybridized carbons (Fsp3) is 0.750. The minimum atomic E-state index is 0.0428. The number of rotatable bonds is 2. The second-order valence-corrected chi connectivity index (χ2v) is 9.30. The van der Waals surface area contributed by atoms with E-state index in [-0.39, 0.29) is 22.7 Å². The van der Waals surface area contributed by atoms with Crippen molar-refractivity contribution in [3.63, 3.8) is 0 Å². The van der Waals surface area contributed by atoms with Crippen LogP contribution >= 0.6 is 0 Å². The van der Waals surface area contributed by atoms with E-state index in [1.165, 1.54) is 12.8 Å². The minimum Gasteiger partial charge on any atom is -0.341 e. The van der Waals surface area contributed by atoms with Crippen molar-refractivity contribution in [3.05, 3.63) is 18.2 Å². The van der Waals surface area contributed by atoms with Crippen molar-refractivity contribution in [1.29, 1.82) is 0 Å². The number of hydrogen-bond acceptors (Lipinski definition) is 3. The summed E-state index contributed by atoms with van der Waals surface area (Å²) in [6.45, 7) is 5.43. The SMILES string of the molecule is CC1CC1C(=O)N1CC23CCCCC2(CN(C(=O)c2nccn2C)C3)C1. The summed E-state index contributed by atoms with van der Waals surface area (Å²) in [5, 5.41) is 0. The predicted octanol–water partition coefficient (Wildman–Crippen LogP) is 1.92. The standard InChI is InChI=1S/C20H28N4O2/c1-14-9-15(14)17(25)23-10-19-5-3-4-6-20(19,11-23)13-24(12-19)18(26)16-21-7-8-22(16)2/h7-8,14-15H,3-6,9-13H2,1-2H3. The molecule has 2 saturated carbocycles. The highest BCUT2D eigenvalue weighted by Gasteiger charge is 2.65. The van der Waals surface area contributed by atoms with Gasteiger partial charge in [0, 0.05) is 62.4 Å². The maximum absolute atomic E-state index is 13.0.